The number of anilines is 4. The Morgan fingerprint density at radius 3 is 2.45 bits per heavy atom. The van der Waals surface area contributed by atoms with E-state index in [2.05, 4.69) is 28.8 Å². The van der Waals surface area contributed by atoms with Crippen LogP contribution in [0.25, 0.3) is 0 Å². The van der Waals surface area contributed by atoms with Crippen LogP contribution in [0.3, 0.4) is 0 Å². The minimum atomic E-state index is -3.37. The van der Waals surface area contributed by atoms with Gasteiger partial charge in [0, 0.05) is 36.7 Å². The fourth-order valence-electron chi connectivity index (χ4n) is 4.68. The molecular weight excluding hydrogens is 440 g/mol. The van der Waals surface area contributed by atoms with Crippen LogP contribution in [0.15, 0.2) is 42.5 Å². The maximum Gasteiger partial charge on any atom is 0.243 e. The van der Waals surface area contributed by atoms with Gasteiger partial charge in [-0.3, -0.25) is 9.52 Å². The molecular formula is C24H32N4O4S. The van der Waals surface area contributed by atoms with E-state index in [-0.39, 0.29) is 24.7 Å². The molecule has 1 saturated heterocycles. The molecule has 178 valence electrons. The number of ether oxygens (including phenoxy) is 1. The molecule has 2 aromatic carbocycles. The van der Waals surface area contributed by atoms with Gasteiger partial charge in [0.1, 0.15) is 0 Å². The van der Waals surface area contributed by atoms with Gasteiger partial charge in [-0.25, -0.2) is 8.42 Å². The average molecular weight is 473 g/mol. The highest BCUT2D eigenvalue weighted by molar-refractivity contribution is 7.92. The molecule has 2 unspecified atom stereocenters. The summed E-state index contributed by atoms with van der Waals surface area (Å²) in [6, 6.07) is 13.4. The third-order valence-electron chi connectivity index (χ3n) is 5.91. The lowest BCUT2D eigenvalue weighted by Gasteiger charge is -2.36. The van der Waals surface area contributed by atoms with Gasteiger partial charge >= 0.3 is 0 Å². The largest absolute Gasteiger partial charge is 0.372 e. The summed E-state index contributed by atoms with van der Waals surface area (Å²) in [5.41, 5.74) is 4.28. The van der Waals surface area contributed by atoms with Crippen LogP contribution < -0.4 is 19.8 Å². The van der Waals surface area contributed by atoms with E-state index in [4.69, 9.17) is 4.74 Å². The molecule has 0 saturated carbocycles. The zero-order valence-corrected chi connectivity index (χ0v) is 20.2. The predicted molar refractivity (Wildman–Crippen MR) is 133 cm³/mol. The van der Waals surface area contributed by atoms with Crippen LogP contribution in [-0.4, -0.2) is 59.0 Å². The molecule has 1 fully saturated rings. The van der Waals surface area contributed by atoms with E-state index in [0.29, 0.717) is 5.69 Å². The molecule has 1 amide bonds. The van der Waals surface area contributed by atoms with Crippen LogP contribution in [-0.2, 0) is 26.0 Å². The number of amides is 1. The third-order valence-corrected chi connectivity index (χ3v) is 6.50. The fourth-order valence-corrected chi connectivity index (χ4v) is 5.27. The zero-order chi connectivity index (χ0) is 23.6. The standard InChI is InChI=1S/C24H32N4O4S/c1-17-14-28(15-18(2)32-17)20-11-9-19(10-12-20)25-24(29)16-27-13-5-6-21-22(26-33(3,30)31)7-4-8-23(21)27/h4,7-12,17-18,26H,5-6,13-16H2,1-3H3,(H,25,29). The van der Waals surface area contributed by atoms with E-state index in [1.807, 2.05) is 41.3 Å². The Balaban J connectivity index is 1.40. The molecule has 2 aliphatic rings. The van der Waals surface area contributed by atoms with Crippen LogP contribution in [0.5, 0.6) is 0 Å². The number of morpholine rings is 1. The number of nitrogens with one attached hydrogen (secondary N) is 2. The van der Waals surface area contributed by atoms with Crippen molar-refractivity contribution < 1.29 is 17.9 Å². The first-order valence-corrected chi connectivity index (χ1v) is 13.2. The quantitative estimate of drug-likeness (QED) is 0.672. The Hall–Kier alpha value is -2.78. The number of carbonyl (C=O) groups is 1. The SMILES string of the molecule is CC1CN(c2ccc(NC(=O)CN3CCCc4c(NS(C)(=O)=O)cccc43)cc2)CC(C)O1. The monoisotopic (exact) mass is 472 g/mol. The minimum Gasteiger partial charge on any atom is -0.372 e. The van der Waals surface area contributed by atoms with Crippen molar-refractivity contribution in [3.8, 4) is 0 Å². The Kier molecular flexibility index (Phi) is 6.81. The summed E-state index contributed by atoms with van der Waals surface area (Å²) >= 11 is 0. The fraction of sp³-hybridized carbons (Fsp3) is 0.458. The Labute approximate surface area is 196 Å². The number of hydrogen-bond donors (Lipinski definition) is 2. The van der Waals surface area contributed by atoms with Gasteiger partial charge in [0.2, 0.25) is 15.9 Å². The molecule has 0 spiro atoms. The summed E-state index contributed by atoms with van der Waals surface area (Å²) in [6.45, 7) is 6.80. The van der Waals surface area contributed by atoms with Gasteiger partial charge < -0.3 is 19.9 Å². The van der Waals surface area contributed by atoms with Crippen molar-refractivity contribution in [2.75, 3.05) is 52.3 Å². The van der Waals surface area contributed by atoms with Crippen molar-refractivity contribution >= 4 is 38.7 Å². The molecule has 2 heterocycles. The molecule has 8 nitrogen and oxygen atoms in total. The van der Waals surface area contributed by atoms with Crippen LogP contribution >= 0.6 is 0 Å². The summed E-state index contributed by atoms with van der Waals surface area (Å²) in [6.07, 6.45) is 3.15. The third kappa shape index (κ3) is 5.97. The molecule has 2 aliphatic heterocycles. The number of carbonyl (C=O) groups excluding carboxylic acids is 1. The summed E-state index contributed by atoms with van der Waals surface area (Å²) in [4.78, 5) is 17.1. The maximum atomic E-state index is 12.8. The lowest BCUT2D eigenvalue weighted by Crippen LogP contribution is -2.45. The smallest absolute Gasteiger partial charge is 0.243 e. The number of rotatable bonds is 6. The van der Waals surface area contributed by atoms with Crippen molar-refractivity contribution in [1.29, 1.82) is 0 Å². The normalized spacial score (nSPS) is 20.8. The summed E-state index contributed by atoms with van der Waals surface area (Å²) in [5, 5.41) is 2.99. The minimum absolute atomic E-state index is 0.106. The predicted octanol–water partition coefficient (Wildman–Crippen LogP) is 3.06. The first-order valence-electron chi connectivity index (χ1n) is 11.3. The Morgan fingerprint density at radius 2 is 1.79 bits per heavy atom. The average Bonchev–Trinajstić information content (AvgIpc) is 2.73. The van der Waals surface area contributed by atoms with Gasteiger partial charge in [-0.05, 0) is 68.7 Å². The molecule has 0 radical (unpaired) electrons. The molecule has 2 aromatic rings. The zero-order valence-electron chi connectivity index (χ0n) is 19.4. The number of sulfonamides is 1. The number of hydrogen-bond acceptors (Lipinski definition) is 6. The first kappa shape index (κ1) is 23.4. The molecule has 0 aliphatic carbocycles. The van der Waals surface area contributed by atoms with E-state index >= 15 is 0 Å². The van der Waals surface area contributed by atoms with E-state index in [9.17, 15) is 13.2 Å². The lowest BCUT2D eigenvalue weighted by atomic mass is 10.00. The lowest BCUT2D eigenvalue weighted by molar-refractivity contribution is -0.115. The molecule has 0 aromatic heterocycles. The van der Waals surface area contributed by atoms with Gasteiger partial charge in [0.15, 0.2) is 0 Å². The summed E-state index contributed by atoms with van der Waals surface area (Å²) in [7, 11) is -3.37. The van der Waals surface area contributed by atoms with Crippen molar-refractivity contribution in [2.45, 2.75) is 38.9 Å². The van der Waals surface area contributed by atoms with Gasteiger partial charge in [-0.1, -0.05) is 6.07 Å². The molecule has 33 heavy (non-hydrogen) atoms. The highest BCUT2D eigenvalue weighted by Crippen LogP contribution is 2.33. The second-order valence-corrected chi connectivity index (χ2v) is 10.7. The number of benzene rings is 2. The molecule has 9 heteroatoms. The first-order chi connectivity index (χ1) is 15.7. The number of nitrogens with zero attached hydrogens (tertiary/aromatic N) is 2. The van der Waals surface area contributed by atoms with Gasteiger partial charge in [-0.15, -0.1) is 0 Å². The second-order valence-electron chi connectivity index (χ2n) is 8.96. The van der Waals surface area contributed by atoms with E-state index in [1.165, 1.54) is 0 Å². The van der Waals surface area contributed by atoms with Crippen molar-refractivity contribution in [3.05, 3.63) is 48.0 Å². The van der Waals surface area contributed by atoms with E-state index < -0.39 is 10.0 Å². The van der Waals surface area contributed by atoms with Crippen LogP contribution in [0.4, 0.5) is 22.7 Å². The van der Waals surface area contributed by atoms with E-state index in [0.717, 1.165) is 61.4 Å². The molecule has 4 rings (SSSR count). The Bertz CT molecular complexity index is 1090. The maximum absolute atomic E-state index is 12.8. The van der Waals surface area contributed by atoms with Crippen LogP contribution in [0, 0.1) is 0 Å². The van der Waals surface area contributed by atoms with Crippen molar-refractivity contribution in [1.82, 2.24) is 0 Å². The number of fused-ring (bicyclic) bond motifs is 1. The Morgan fingerprint density at radius 1 is 1.09 bits per heavy atom. The molecule has 0 bridgehead atoms. The van der Waals surface area contributed by atoms with Gasteiger partial charge in [0.05, 0.1) is 30.7 Å². The summed E-state index contributed by atoms with van der Waals surface area (Å²) < 4.78 is 31.8. The van der Waals surface area contributed by atoms with Crippen molar-refractivity contribution in [2.24, 2.45) is 0 Å². The van der Waals surface area contributed by atoms with E-state index in [1.54, 1.807) is 6.07 Å². The summed E-state index contributed by atoms with van der Waals surface area (Å²) in [5.74, 6) is -0.106. The second kappa shape index (κ2) is 9.61. The highest BCUT2D eigenvalue weighted by Gasteiger charge is 2.24. The van der Waals surface area contributed by atoms with Gasteiger partial charge in [0.25, 0.3) is 0 Å². The van der Waals surface area contributed by atoms with Gasteiger partial charge in [-0.2, -0.15) is 0 Å². The topological polar surface area (TPSA) is 91.0 Å². The molecule has 2 atom stereocenters. The van der Waals surface area contributed by atoms with Crippen LogP contribution in [0.2, 0.25) is 0 Å². The van der Waals surface area contributed by atoms with Crippen molar-refractivity contribution in [3.63, 3.8) is 0 Å². The highest BCUT2D eigenvalue weighted by atomic mass is 32.2. The van der Waals surface area contributed by atoms with Crippen LogP contribution in [0.1, 0.15) is 25.8 Å². The molecule has 2 N–H and O–H groups in total.